The van der Waals surface area contributed by atoms with Gasteiger partial charge in [0.15, 0.2) is 0 Å². The van der Waals surface area contributed by atoms with E-state index < -0.39 is 12.5 Å². The second kappa shape index (κ2) is 3.58. The molecule has 0 aliphatic heterocycles. The number of halogens is 2. The fourth-order valence-electron chi connectivity index (χ4n) is 0.966. The summed E-state index contributed by atoms with van der Waals surface area (Å²) < 4.78 is 24.3. The number of aromatic nitrogens is 1. The van der Waals surface area contributed by atoms with Crippen LogP contribution in [0.1, 0.15) is 17.3 Å². The molecule has 1 unspecified atom stereocenters. The Bertz CT molecular complexity index is 263. The quantitative estimate of drug-likeness (QED) is 0.736. The first-order valence-electron chi connectivity index (χ1n) is 3.58. The van der Waals surface area contributed by atoms with Gasteiger partial charge in [0.25, 0.3) is 6.43 Å². The molecule has 0 amide bonds. The fraction of sp³-hybridized carbons (Fsp3) is 0.375. The van der Waals surface area contributed by atoms with Crippen molar-refractivity contribution >= 4 is 0 Å². The van der Waals surface area contributed by atoms with Gasteiger partial charge in [0, 0.05) is 6.20 Å². The maximum atomic E-state index is 12.1. The van der Waals surface area contributed by atoms with Crippen LogP contribution in [-0.2, 0) is 0 Å². The van der Waals surface area contributed by atoms with Gasteiger partial charge in [-0.15, -0.1) is 0 Å². The van der Waals surface area contributed by atoms with Gasteiger partial charge in [-0.25, -0.2) is 8.78 Å². The molecule has 0 aliphatic carbocycles. The molecule has 12 heavy (non-hydrogen) atoms. The highest BCUT2D eigenvalue weighted by Gasteiger charge is 2.19. The standard InChI is InChI=1S/C8H10F2N2/c1-5-3-2-4-12-7(5)6(11)8(9)10/h2-4,6,8H,11H2,1H3. The Hall–Kier alpha value is -1.03. The first-order valence-corrected chi connectivity index (χ1v) is 3.58. The number of hydrogen-bond donors (Lipinski definition) is 1. The van der Waals surface area contributed by atoms with Crippen molar-refractivity contribution in [3.8, 4) is 0 Å². The van der Waals surface area contributed by atoms with Crippen molar-refractivity contribution in [2.45, 2.75) is 19.4 Å². The predicted octanol–water partition coefficient (Wildman–Crippen LogP) is 1.65. The molecule has 0 radical (unpaired) electrons. The molecule has 2 N–H and O–H groups in total. The molecular weight excluding hydrogens is 162 g/mol. The molecule has 1 heterocycles. The molecule has 1 atom stereocenters. The lowest BCUT2D eigenvalue weighted by Crippen LogP contribution is -2.21. The SMILES string of the molecule is Cc1cccnc1C(N)C(F)F. The number of nitrogens with two attached hydrogens (primary N) is 1. The Morgan fingerprint density at radius 1 is 1.50 bits per heavy atom. The monoisotopic (exact) mass is 172 g/mol. The van der Waals surface area contributed by atoms with Gasteiger partial charge in [0.1, 0.15) is 6.04 Å². The average Bonchev–Trinajstić information content (AvgIpc) is 2.04. The van der Waals surface area contributed by atoms with Gasteiger partial charge in [0.05, 0.1) is 5.69 Å². The zero-order valence-electron chi connectivity index (χ0n) is 6.67. The van der Waals surface area contributed by atoms with Crippen LogP contribution in [0, 0.1) is 6.92 Å². The summed E-state index contributed by atoms with van der Waals surface area (Å²) in [4.78, 5) is 3.79. The van der Waals surface area contributed by atoms with Crippen molar-refractivity contribution in [1.82, 2.24) is 4.98 Å². The number of alkyl halides is 2. The summed E-state index contributed by atoms with van der Waals surface area (Å²) in [6.07, 6.45) is -1.09. The molecule has 0 aliphatic rings. The van der Waals surface area contributed by atoms with Crippen molar-refractivity contribution < 1.29 is 8.78 Å². The van der Waals surface area contributed by atoms with Crippen molar-refractivity contribution in [3.63, 3.8) is 0 Å². The van der Waals surface area contributed by atoms with Crippen LogP contribution in [0.5, 0.6) is 0 Å². The highest BCUT2D eigenvalue weighted by molar-refractivity contribution is 5.21. The Kier molecular flexibility index (Phi) is 2.70. The molecule has 1 aromatic heterocycles. The lowest BCUT2D eigenvalue weighted by atomic mass is 10.1. The van der Waals surface area contributed by atoms with E-state index in [9.17, 15) is 8.78 Å². The first kappa shape index (κ1) is 9.06. The first-order chi connectivity index (χ1) is 5.63. The van der Waals surface area contributed by atoms with Gasteiger partial charge in [0.2, 0.25) is 0 Å². The molecule has 1 aromatic rings. The van der Waals surface area contributed by atoms with Gasteiger partial charge in [-0.1, -0.05) is 6.07 Å². The normalized spacial score (nSPS) is 13.4. The van der Waals surface area contributed by atoms with Gasteiger partial charge >= 0.3 is 0 Å². The summed E-state index contributed by atoms with van der Waals surface area (Å²) in [5, 5.41) is 0. The molecule has 0 aromatic carbocycles. The number of hydrogen-bond acceptors (Lipinski definition) is 2. The van der Waals surface area contributed by atoms with E-state index in [2.05, 4.69) is 4.98 Å². The zero-order chi connectivity index (χ0) is 9.14. The summed E-state index contributed by atoms with van der Waals surface area (Å²) in [6.45, 7) is 1.71. The second-order valence-electron chi connectivity index (χ2n) is 2.57. The van der Waals surface area contributed by atoms with Crippen LogP contribution in [0.15, 0.2) is 18.3 Å². The Morgan fingerprint density at radius 3 is 2.67 bits per heavy atom. The van der Waals surface area contributed by atoms with Crippen LogP contribution in [0.4, 0.5) is 8.78 Å². The topological polar surface area (TPSA) is 38.9 Å². The van der Waals surface area contributed by atoms with Crippen LogP contribution in [0.25, 0.3) is 0 Å². The van der Waals surface area contributed by atoms with E-state index >= 15 is 0 Å². The number of pyridine rings is 1. The van der Waals surface area contributed by atoms with Gasteiger partial charge in [-0.3, -0.25) is 4.98 Å². The Balaban J connectivity index is 2.94. The van der Waals surface area contributed by atoms with Crippen LogP contribution in [0.2, 0.25) is 0 Å². The molecule has 0 saturated carbocycles. The molecule has 1 rings (SSSR count). The van der Waals surface area contributed by atoms with E-state index in [4.69, 9.17) is 5.73 Å². The fourth-order valence-corrected chi connectivity index (χ4v) is 0.966. The minimum atomic E-state index is -2.56. The third-order valence-corrected chi connectivity index (χ3v) is 1.64. The van der Waals surface area contributed by atoms with Crippen molar-refractivity contribution in [2.75, 3.05) is 0 Å². The molecule has 0 saturated heterocycles. The van der Waals surface area contributed by atoms with E-state index in [0.717, 1.165) is 0 Å². The number of nitrogens with zero attached hydrogens (tertiary/aromatic N) is 1. The van der Waals surface area contributed by atoms with Crippen LogP contribution in [-0.4, -0.2) is 11.4 Å². The predicted molar refractivity (Wildman–Crippen MR) is 41.9 cm³/mol. The van der Waals surface area contributed by atoms with Crippen molar-refractivity contribution in [2.24, 2.45) is 5.73 Å². The summed E-state index contributed by atoms with van der Waals surface area (Å²) in [6, 6.07) is 2.13. The second-order valence-corrected chi connectivity index (χ2v) is 2.57. The molecule has 0 spiro atoms. The highest BCUT2D eigenvalue weighted by atomic mass is 19.3. The van der Waals surface area contributed by atoms with Crippen LogP contribution >= 0.6 is 0 Å². The Morgan fingerprint density at radius 2 is 2.17 bits per heavy atom. The highest BCUT2D eigenvalue weighted by Crippen LogP contribution is 2.18. The molecule has 4 heteroatoms. The molecule has 2 nitrogen and oxygen atoms in total. The smallest absolute Gasteiger partial charge is 0.259 e. The molecule has 0 bridgehead atoms. The minimum absolute atomic E-state index is 0.271. The number of rotatable bonds is 2. The van der Waals surface area contributed by atoms with Gasteiger partial charge in [-0.2, -0.15) is 0 Å². The van der Waals surface area contributed by atoms with Crippen molar-refractivity contribution in [1.29, 1.82) is 0 Å². The molecule has 66 valence electrons. The summed E-state index contributed by atoms with van der Waals surface area (Å²) >= 11 is 0. The summed E-state index contributed by atoms with van der Waals surface area (Å²) in [7, 11) is 0. The summed E-state index contributed by atoms with van der Waals surface area (Å²) in [5.41, 5.74) is 6.20. The summed E-state index contributed by atoms with van der Waals surface area (Å²) in [5.74, 6) is 0. The van der Waals surface area contributed by atoms with E-state index in [1.165, 1.54) is 6.20 Å². The maximum absolute atomic E-state index is 12.1. The van der Waals surface area contributed by atoms with E-state index in [1.807, 2.05) is 0 Å². The van der Waals surface area contributed by atoms with E-state index in [1.54, 1.807) is 19.1 Å². The van der Waals surface area contributed by atoms with E-state index in [-0.39, 0.29) is 5.69 Å². The number of aryl methyl sites for hydroxylation is 1. The van der Waals surface area contributed by atoms with Crippen LogP contribution < -0.4 is 5.73 Å². The maximum Gasteiger partial charge on any atom is 0.259 e. The van der Waals surface area contributed by atoms with Crippen molar-refractivity contribution in [3.05, 3.63) is 29.6 Å². The van der Waals surface area contributed by atoms with E-state index in [0.29, 0.717) is 5.56 Å². The largest absolute Gasteiger partial charge is 0.318 e. The molecular formula is C8H10F2N2. The van der Waals surface area contributed by atoms with Gasteiger partial charge < -0.3 is 5.73 Å². The average molecular weight is 172 g/mol. The minimum Gasteiger partial charge on any atom is -0.318 e. The van der Waals surface area contributed by atoms with Crippen LogP contribution in [0.3, 0.4) is 0 Å². The lowest BCUT2D eigenvalue weighted by Gasteiger charge is -2.11. The molecule has 0 fully saturated rings. The Labute approximate surface area is 69.4 Å². The third kappa shape index (κ3) is 1.76. The third-order valence-electron chi connectivity index (χ3n) is 1.64. The van der Waals surface area contributed by atoms with Gasteiger partial charge in [-0.05, 0) is 18.6 Å². The zero-order valence-corrected chi connectivity index (χ0v) is 6.67. The lowest BCUT2D eigenvalue weighted by molar-refractivity contribution is 0.114.